The van der Waals surface area contributed by atoms with Crippen LogP contribution in [0.1, 0.15) is 15.9 Å². The summed E-state index contributed by atoms with van der Waals surface area (Å²) in [4.78, 5) is 27.3. The Morgan fingerprint density at radius 2 is 1.28 bits per heavy atom. The van der Waals surface area contributed by atoms with Crippen molar-refractivity contribution < 1.29 is 23.8 Å². The molecule has 0 saturated carbocycles. The Balaban J connectivity index is 1.49. The summed E-state index contributed by atoms with van der Waals surface area (Å²) in [5.74, 6) is 1.41. The summed E-state index contributed by atoms with van der Waals surface area (Å²) in [5, 5.41) is 0. The summed E-state index contributed by atoms with van der Waals surface area (Å²) in [6, 6.07) is 30.3. The van der Waals surface area contributed by atoms with Gasteiger partial charge in [0, 0.05) is 11.1 Å². The van der Waals surface area contributed by atoms with E-state index in [1.54, 1.807) is 62.8 Å². The molecule has 0 aromatic heterocycles. The van der Waals surface area contributed by atoms with E-state index in [-0.39, 0.29) is 5.78 Å². The van der Waals surface area contributed by atoms with Crippen LogP contribution in [0.4, 0.5) is 16.2 Å². The van der Waals surface area contributed by atoms with Crippen LogP contribution in [-0.2, 0) is 0 Å². The lowest BCUT2D eigenvalue weighted by atomic mass is 10.1. The molecule has 0 N–H and O–H groups in total. The fourth-order valence-corrected chi connectivity index (χ4v) is 3.58. The number of carbonyl (C=O) groups is 2. The van der Waals surface area contributed by atoms with Crippen LogP contribution in [0, 0.1) is 0 Å². The van der Waals surface area contributed by atoms with Crippen LogP contribution in [0.2, 0.25) is 0 Å². The molecule has 6 nitrogen and oxygen atoms in total. The topological polar surface area (TPSA) is 65.1 Å². The van der Waals surface area contributed by atoms with Gasteiger partial charge in [-0.25, -0.2) is 9.69 Å². The molecule has 4 aromatic carbocycles. The number of hydrogen-bond donors (Lipinski definition) is 0. The van der Waals surface area contributed by atoms with E-state index in [0.717, 1.165) is 5.56 Å². The standard InChI is InChI=1S/C30H25NO5/c1-34-27-18-20-29(35-2)23(21-27)15-19-28(32)22-13-16-26(17-14-22)36-30(33)31(24-9-5-3-6-10-24)25-11-7-4-8-12-25/h3-21H,1-2H3/b19-15+. The highest BCUT2D eigenvalue weighted by molar-refractivity contribution is 6.07. The predicted octanol–water partition coefficient (Wildman–Crippen LogP) is 6.94. The Hall–Kier alpha value is -4.84. The predicted molar refractivity (Wildman–Crippen MR) is 140 cm³/mol. The van der Waals surface area contributed by atoms with Crippen molar-refractivity contribution in [3.63, 3.8) is 0 Å². The van der Waals surface area contributed by atoms with E-state index < -0.39 is 6.09 Å². The maximum Gasteiger partial charge on any atom is 0.424 e. The molecule has 36 heavy (non-hydrogen) atoms. The molecule has 0 saturated heterocycles. The van der Waals surface area contributed by atoms with Gasteiger partial charge in [-0.05, 0) is 78.9 Å². The molecule has 0 unspecified atom stereocenters. The van der Waals surface area contributed by atoms with Gasteiger partial charge in [0.2, 0.25) is 0 Å². The van der Waals surface area contributed by atoms with Gasteiger partial charge in [-0.2, -0.15) is 0 Å². The second-order valence-corrected chi connectivity index (χ2v) is 7.70. The van der Waals surface area contributed by atoms with Gasteiger partial charge in [0.25, 0.3) is 0 Å². The average molecular weight is 480 g/mol. The summed E-state index contributed by atoms with van der Waals surface area (Å²) in [5.41, 5.74) is 2.53. The van der Waals surface area contributed by atoms with Gasteiger partial charge in [0.15, 0.2) is 5.78 Å². The fourth-order valence-electron chi connectivity index (χ4n) is 3.58. The number of amides is 1. The first-order valence-corrected chi connectivity index (χ1v) is 11.3. The highest BCUT2D eigenvalue weighted by Gasteiger charge is 2.20. The second kappa shape index (κ2) is 11.5. The monoisotopic (exact) mass is 479 g/mol. The molecule has 4 aromatic rings. The molecule has 0 aliphatic heterocycles. The number of methoxy groups -OCH3 is 2. The third-order valence-corrected chi connectivity index (χ3v) is 5.41. The van der Waals surface area contributed by atoms with Crippen LogP contribution >= 0.6 is 0 Å². The fraction of sp³-hybridized carbons (Fsp3) is 0.0667. The van der Waals surface area contributed by atoms with E-state index in [0.29, 0.717) is 34.2 Å². The molecule has 0 spiro atoms. The number of nitrogens with zero attached hydrogens (tertiary/aromatic N) is 1. The number of ketones is 1. The molecule has 0 bridgehead atoms. The van der Waals surface area contributed by atoms with E-state index in [1.807, 2.05) is 60.7 Å². The zero-order valence-electron chi connectivity index (χ0n) is 20.0. The number of para-hydroxylation sites is 2. The normalized spacial score (nSPS) is 10.6. The first-order chi connectivity index (χ1) is 17.6. The van der Waals surface area contributed by atoms with Gasteiger partial charge in [-0.15, -0.1) is 0 Å². The van der Waals surface area contributed by atoms with E-state index in [2.05, 4.69) is 0 Å². The number of rotatable bonds is 8. The minimum Gasteiger partial charge on any atom is -0.497 e. The van der Waals surface area contributed by atoms with Crippen molar-refractivity contribution >= 4 is 29.3 Å². The van der Waals surface area contributed by atoms with E-state index in [1.165, 1.54) is 11.0 Å². The molecule has 0 aliphatic rings. The first kappa shape index (κ1) is 24.3. The number of ether oxygens (including phenoxy) is 3. The molecule has 1 amide bonds. The molecular weight excluding hydrogens is 454 g/mol. The molecule has 4 rings (SSSR count). The van der Waals surface area contributed by atoms with Crippen molar-refractivity contribution in [1.82, 2.24) is 0 Å². The van der Waals surface area contributed by atoms with Crippen LogP contribution in [-0.4, -0.2) is 26.1 Å². The number of hydrogen-bond acceptors (Lipinski definition) is 5. The SMILES string of the molecule is COc1ccc(OC)c(/C=C/C(=O)c2ccc(OC(=O)N(c3ccccc3)c3ccccc3)cc2)c1. The Labute approximate surface area is 210 Å². The van der Waals surface area contributed by atoms with Crippen molar-refractivity contribution in [3.8, 4) is 17.2 Å². The van der Waals surface area contributed by atoms with Crippen molar-refractivity contribution in [3.05, 3.63) is 120 Å². The van der Waals surface area contributed by atoms with Crippen LogP contribution in [0.3, 0.4) is 0 Å². The maximum absolute atomic E-state index is 13.1. The summed E-state index contributed by atoms with van der Waals surface area (Å²) in [7, 11) is 3.14. The number of benzene rings is 4. The lowest BCUT2D eigenvalue weighted by Crippen LogP contribution is -2.29. The van der Waals surface area contributed by atoms with Crippen molar-refractivity contribution in [2.24, 2.45) is 0 Å². The van der Waals surface area contributed by atoms with Gasteiger partial charge in [-0.1, -0.05) is 36.4 Å². The Morgan fingerprint density at radius 3 is 1.83 bits per heavy atom. The Morgan fingerprint density at radius 1 is 0.694 bits per heavy atom. The smallest absolute Gasteiger partial charge is 0.424 e. The van der Waals surface area contributed by atoms with E-state index in [4.69, 9.17) is 14.2 Å². The summed E-state index contributed by atoms with van der Waals surface area (Å²) < 4.78 is 16.2. The van der Waals surface area contributed by atoms with Gasteiger partial charge >= 0.3 is 6.09 Å². The zero-order chi connectivity index (χ0) is 25.3. The summed E-state index contributed by atoms with van der Waals surface area (Å²) in [6.45, 7) is 0. The van der Waals surface area contributed by atoms with E-state index >= 15 is 0 Å². The highest BCUT2D eigenvalue weighted by Crippen LogP contribution is 2.27. The van der Waals surface area contributed by atoms with Gasteiger partial charge in [0.1, 0.15) is 17.2 Å². The molecule has 180 valence electrons. The van der Waals surface area contributed by atoms with Crippen LogP contribution in [0.5, 0.6) is 17.2 Å². The summed E-state index contributed by atoms with van der Waals surface area (Å²) >= 11 is 0. The largest absolute Gasteiger partial charge is 0.497 e. The zero-order valence-corrected chi connectivity index (χ0v) is 20.0. The Kier molecular flexibility index (Phi) is 7.78. The van der Waals surface area contributed by atoms with Crippen LogP contribution < -0.4 is 19.1 Å². The lowest BCUT2D eigenvalue weighted by molar-refractivity contribution is 0.104. The minimum atomic E-state index is -0.559. The van der Waals surface area contributed by atoms with E-state index in [9.17, 15) is 9.59 Å². The van der Waals surface area contributed by atoms with Crippen molar-refractivity contribution in [2.75, 3.05) is 19.1 Å². The van der Waals surface area contributed by atoms with Crippen molar-refractivity contribution in [2.45, 2.75) is 0 Å². The van der Waals surface area contributed by atoms with Crippen molar-refractivity contribution in [1.29, 1.82) is 0 Å². The lowest BCUT2D eigenvalue weighted by Gasteiger charge is -2.22. The molecular formula is C30H25NO5. The Bertz CT molecular complexity index is 1310. The molecule has 0 heterocycles. The average Bonchev–Trinajstić information content (AvgIpc) is 2.93. The van der Waals surface area contributed by atoms with Gasteiger partial charge < -0.3 is 14.2 Å². The third kappa shape index (κ3) is 5.80. The molecule has 0 aliphatic carbocycles. The molecule has 0 radical (unpaired) electrons. The quantitative estimate of drug-likeness (QED) is 0.202. The first-order valence-electron chi connectivity index (χ1n) is 11.3. The number of carbonyl (C=O) groups excluding carboxylic acids is 2. The van der Waals surface area contributed by atoms with Gasteiger partial charge in [0.05, 0.1) is 25.6 Å². The minimum absolute atomic E-state index is 0.201. The van der Waals surface area contributed by atoms with Gasteiger partial charge in [-0.3, -0.25) is 4.79 Å². The highest BCUT2D eigenvalue weighted by atomic mass is 16.6. The summed E-state index contributed by atoms with van der Waals surface area (Å²) in [6.07, 6.45) is 2.58. The molecule has 0 fully saturated rings. The number of anilines is 2. The molecule has 0 atom stereocenters. The third-order valence-electron chi connectivity index (χ3n) is 5.41. The molecule has 6 heteroatoms. The number of allylic oxidation sites excluding steroid dienone is 1. The second-order valence-electron chi connectivity index (χ2n) is 7.70. The maximum atomic E-state index is 13.1. The van der Waals surface area contributed by atoms with Crippen LogP contribution in [0.15, 0.2) is 109 Å². The van der Waals surface area contributed by atoms with Crippen LogP contribution in [0.25, 0.3) is 6.08 Å².